The van der Waals surface area contributed by atoms with E-state index in [4.69, 9.17) is 21.3 Å². The van der Waals surface area contributed by atoms with Crippen LogP contribution in [0.5, 0.6) is 0 Å². The van der Waals surface area contributed by atoms with Crippen LogP contribution in [-0.2, 0) is 14.9 Å². The van der Waals surface area contributed by atoms with E-state index in [-0.39, 0.29) is 18.0 Å². The predicted molar refractivity (Wildman–Crippen MR) is 179 cm³/mol. The molecule has 2 saturated heterocycles. The van der Waals surface area contributed by atoms with Gasteiger partial charge in [-0.2, -0.15) is 0 Å². The van der Waals surface area contributed by atoms with Gasteiger partial charge in [-0.3, -0.25) is 9.69 Å². The fourth-order valence-electron chi connectivity index (χ4n) is 8.32. The lowest BCUT2D eigenvalue weighted by Gasteiger charge is -2.46. The average molecular weight is 645 g/mol. The highest BCUT2D eigenvalue weighted by Gasteiger charge is 2.56. The van der Waals surface area contributed by atoms with Crippen LogP contribution in [0.1, 0.15) is 91.2 Å². The van der Waals surface area contributed by atoms with Crippen molar-refractivity contribution in [1.29, 1.82) is 0 Å². The molecule has 10 heteroatoms. The number of ether oxygens (including phenoxy) is 1. The number of nitrogens with zero attached hydrogens (tertiary/aromatic N) is 6. The van der Waals surface area contributed by atoms with Gasteiger partial charge in [0.2, 0.25) is 5.91 Å². The third-order valence-corrected chi connectivity index (χ3v) is 11.4. The second-order valence-electron chi connectivity index (χ2n) is 16.2. The van der Waals surface area contributed by atoms with Gasteiger partial charge >= 0.3 is 6.09 Å². The summed E-state index contributed by atoms with van der Waals surface area (Å²) in [4.78, 5) is 43.6. The number of likely N-dealkylation sites (tertiary alicyclic amines) is 2. The molecule has 5 aliphatic rings. The molecular weight excluding hydrogens is 600 g/mol. The smallest absolute Gasteiger partial charge is 0.410 e. The second-order valence-corrected chi connectivity index (χ2v) is 16.5. The van der Waals surface area contributed by atoms with Gasteiger partial charge in [-0.05, 0) is 95.4 Å². The first kappa shape index (κ1) is 30.2. The van der Waals surface area contributed by atoms with E-state index in [9.17, 15) is 9.59 Å². The van der Waals surface area contributed by atoms with Crippen molar-refractivity contribution in [2.75, 3.05) is 31.1 Å². The molecule has 0 N–H and O–H groups in total. The molecule has 1 aromatic carbocycles. The van der Waals surface area contributed by atoms with Crippen LogP contribution in [0.15, 0.2) is 30.6 Å². The lowest BCUT2D eigenvalue weighted by atomic mass is 9.73. The van der Waals surface area contributed by atoms with Crippen LogP contribution in [0.25, 0.3) is 22.3 Å². The van der Waals surface area contributed by atoms with E-state index >= 15 is 0 Å². The van der Waals surface area contributed by atoms with Gasteiger partial charge in [-0.25, -0.2) is 14.8 Å². The Hall–Kier alpha value is -3.17. The Morgan fingerprint density at radius 2 is 1.74 bits per heavy atom. The van der Waals surface area contributed by atoms with E-state index in [0.29, 0.717) is 48.6 Å². The Morgan fingerprint density at radius 1 is 1.00 bits per heavy atom. The predicted octanol–water partition coefficient (Wildman–Crippen LogP) is 6.96. The molecular formula is C36H45ClN6O3. The van der Waals surface area contributed by atoms with Crippen LogP contribution in [0.2, 0.25) is 5.15 Å². The van der Waals surface area contributed by atoms with Crippen molar-refractivity contribution in [3.05, 3.63) is 41.3 Å². The summed E-state index contributed by atoms with van der Waals surface area (Å²) in [5.41, 5.74) is 4.64. The quantitative estimate of drug-likeness (QED) is 0.286. The van der Waals surface area contributed by atoms with Crippen molar-refractivity contribution in [3.8, 4) is 11.3 Å². The van der Waals surface area contributed by atoms with Crippen molar-refractivity contribution < 1.29 is 14.3 Å². The van der Waals surface area contributed by atoms with Gasteiger partial charge in [-0.1, -0.05) is 37.6 Å². The molecule has 2 saturated carbocycles. The van der Waals surface area contributed by atoms with Gasteiger partial charge in [0.1, 0.15) is 11.1 Å². The lowest BCUT2D eigenvalue weighted by Crippen LogP contribution is -2.58. The molecule has 244 valence electrons. The Labute approximate surface area is 276 Å². The standard InChI is InChI=1S/C36H45ClN6O3/c1-34(2,3)46-33(45)40-14-11-36(12-15-40)26-9-6-22(27-19-28-30(31(37)39-27)42(21-38-28)23-7-8-23)16-29(26)43(32(36)44)25-17-24(18-25)41-13-10-35(4,5)20-41/h6,9,16,19,21,23-25H,7-8,10-15,17-18,20H2,1-5H3/t24-,25+. The van der Waals surface area contributed by atoms with Gasteiger partial charge in [0, 0.05) is 49.0 Å². The summed E-state index contributed by atoms with van der Waals surface area (Å²) < 4.78 is 7.82. The number of imidazole rings is 1. The minimum atomic E-state index is -0.648. The fourth-order valence-corrected chi connectivity index (χ4v) is 8.60. The number of amides is 2. The largest absolute Gasteiger partial charge is 0.444 e. The van der Waals surface area contributed by atoms with Gasteiger partial charge in [0.05, 0.1) is 23.0 Å². The van der Waals surface area contributed by atoms with Gasteiger partial charge in [0.25, 0.3) is 0 Å². The number of carbonyl (C=O) groups excluding carboxylic acids is 2. The Kier molecular flexibility index (Phi) is 6.83. The monoisotopic (exact) mass is 644 g/mol. The summed E-state index contributed by atoms with van der Waals surface area (Å²) in [6.07, 6.45) is 8.22. The van der Waals surface area contributed by atoms with E-state index < -0.39 is 11.0 Å². The zero-order valence-electron chi connectivity index (χ0n) is 27.7. The molecule has 3 aromatic rings. The highest BCUT2D eigenvalue weighted by Crippen LogP contribution is 2.52. The maximum Gasteiger partial charge on any atom is 0.410 e. The van der Waals surface area contributed by atoms with Crippen LogP contribution < -0.4 is 4.90 Å². The van der Waals surface area contributed by atoms with Crippen molar-refractivity contribution >= 4 is 40.3 Å². The molecule has 2 aromatic heterocycles. The van der Waals surface area contributed by atoms with E-state index in [1.165, 1.54) is 6.42 Å². The van der Waals surface area contributed by atoms with Crippen molar-refractivity contribution in [3.63, 3.8) is 0 Å². The number of pyridine rings is 1. The molecule has 5 heterocycles. The number of aromatic nitrogens is 3. The Balaban J connectivity index is 1.11. The number of hydrogen-bond acceptors (Lipinski definition) is 6. The lowest BCUT2D eigenvalue weighted by molar-refractivity contribution is -0.126. The average Bonchev–Trinajstić information content (AvgIpc) is 3.56. The van der Waals surface area contributed by atoms with Crippen LogP contribution >= 0.6 is 11.6 Å². The number of halogens is 1. The van der Waals surface area contributed by atoms with Gasteiger partial charge in [0.15, 0.2) is 5.15 Å². The third kappa shape index (κ3) is 5.00. The molecule has 4 fully saturated rings. The van der Waals surface area contributed by atoms with E-state index in [1.807, 2.05) is 33.2 Å². The maximum atomic E-state index is 14.7. The molecule has 3 aliphatic heterocycles. The number of carbonyl (C=O) groups is 2. The summed E-state index contributed by atoms with van der Waals surface area (Å²) in [7, 11) is 0. The molecule has 9 nitrogen and oxygen atoms in total. The molecule has 0 bridgehead atoms. The number of piperidine rings is 1. The first-order valence-electron chi connectivity index (χ1n) is 17.1. The topological polar surface area (TPSA) is 83.8 Å². The highest BCUT2D eigenvalue weighted by molar-refractivity contribution is 6.34. The minimum absolute atomic E-state index is 0.159. The summed E-state index contributed by atoms with van der Waals surface area (Å²) in [5, 5.41) is 0.465. The third-order valence-electron chi connectivity index (χ3n) is 11.1. The van der Waals surface area contributed by atoms with Crippen LogP contribution in [-0.4, -0.2) is 80.2 Å². The van der Waals surface area contributed by atoms with Crippen LogP contribution in [0.3, 0.4) is 0 Å². The number of benzene rings is 1. The number of fused-ring (bicyclic) bond motifs is 3. The Morgan fingerprint density at radius 3 is 2.39 bits per heavy atom. The summed E-state index contributed by atoms with van der Waals surface area (Å²) in [6.45, 7) is 13.6. The second kappa shape index (κ2) is 10.4. The van der Waals surface area contributed by atoms with E-state index in [0.717, 1.165) is 72.3 Å². The number of anilines is 1. The minimum Gasteiger partial charge on any atom is -0.444 e. The van der Waals surface area contributed by atoms with E-state index in [1.54, 1.807) is 4.90 Å². The highest BCUT2D eigenvalue weighted by atomic mass is 35.5. The van der Waals surface area contributed by atoms with Crippen molar-refractivity contribution in [2.45, 2.75) is 109 Å². The van der Waals surface area contributed by atoms with Crippen LogP contribution in [0.4, 0.5) is 10.5 Å². The van der Waals surface area contributed by atoms with Gasteiger partial charge < -0.3 is 19.1 Å². The molecule has 8 rings (SSSR count). The number of hydrogen-bond donors (Lipinski definition) is 0. The molecule has 1 spiro atoms. The SMILES string of the molecule is CC1(C)CCN([C@H]2C[C@@H](N3C(=O)C4(CCN(C(=O)OC(C)(C)C)CC4)c4ccc(-c5cc6ncn(C7CC7)c6c(Cl)n5)cc43)C2)C1. The van der Waals surface area contributed by atoms with Crippen molar-refractivity contribution in [1.82, 2.24) is 24.3 Å². The first-order valence-corrected chi connectivity index (χ1v) is 17.4. The van der Waals surface area contributed by atoms with Gasteiger partial charge in [-0.15, -0.1) is 0 Å². The molecule has 0 radical (unpaired) electrons. The molecule has 46 heavy (non-hydrogen) atoms. The number of rotatable bonds is 4. The normalized spacial score (nSPS) is 25.7. The van der Waals surface area contributed by atoms with Crippen molar-refractivity contribution in [2.24, 2.45) is 5.41 Å². The van der Waals surface area contributed by atoms with E-state index in [2.05, 4.69) is 51.4 Å². The molecule has 0 unspecified atom stereocenters. The molecule has 2 aliphatic carbocycles. The summed E-state index contributed by atoms with van der Waals surface area (Å²) in [6, 6.07) is 9.52. The van der Waals surface area contributed by atoms with Crippen LogP contribution in [0, 0.1) is 5.41 Å². The zero-order valence-corrected chi connectivity index (χ0v) is 28.4. The molecule has 0 atom stereocenters. The summed E-state index contributed by atoms with van der Waals surface area (Å²) in [5.74, 6) is 0.179. The fraction of sp³-hybridized carbons (Fsp3) is 0.611. The zero-order chi connectivity index (χ0) is 32.2. The first-order chi connectivity index (χ1) is 21.8. The molecule has 2 amide bonds. The maximum absolute atomic E-state index is 14.7. The Bertz CT molecular complexity index is 1730. The summed E-state index contributed by atoms with van der Waals surface area (Å²) >= 11 is 6.79.